The number of hydrogen-bond acceptors (Lipinski definition) is 2. The lowest BCUT2D eigenvalue weighted by molar-refractivity contribution is 0.661. The van der Waals surface area contributed by atoms with Crippen LogP contribution in [0.5, 0.6) is 0 Å². The third kappa shape index (κ3) is 4.84. The molecule has 0 aliphatic heterocycles. The topological polar surface area (TPSA) is 8.17 Å². The van der Waals surface area contributed by atoms with E-state index in [0.717, 1.165) is 11.4 Å². The molecular weight excluding hydrogens is 721 g/mol. The van der Waals surface area contributed by atoms with E-state index in [0.29, 0.717) is 0 Å². The van der Waals surface area contributed by atoms with Gasteiger partial charge in [-0.05, 0) is 118 Å². The summed E-state index contributed by atoms with van der Waals surface area (Å²) in [6.45, 7) is 4.82. The van der Waals surface area contributed by atoms with Crippen molar-refractivity contribution in [1.29, 1.82) is 0 Å². The molecule has 0 saturated carbocycles. The molecule has 274 valence electrons. The van der Waals surface area contributed by atoms with Crippen molar-refractivity contribution in [2.75, 3.05) is 4.90 Å². The summed E-state index contributed by atoms with van der Waals surface area (Å²) in [5.74, 6) is 0. The number of nitrogens with zero attached hydrogens (tertiary/aromatic N) is 2. The lowest BCUT2D eigenvalue weighted by Gasteiger charge is -2.30. The molecule has 2 aromatic heterocycles. The van der Waals surface area contributed by atoms with Gasteiger partial charge in [0.1, 0.15) is 0 Å². The molecule has 58 heavy (non-hydrogen) atoms. The van der Waals surface area contributed by atoms with E-state index < -0.39 is 0 Å². The predicted molar refractivity (Wildman–Crippen MR) is 249 cm³/mol. The van der Waals surface area contributed by atoms with E-state index in [4.69, 9.17) is 0 Å². The highest BCUT2D eigenvalue weighted by Crippen LogP contribution is 2.55. The standard InChI is InChI=1S/C55H38N2S/c1-55(2)47-32-36(35-26-29-50-45(31-35)41-20-11-13-23-49(41)57(50)38-17-7-4-8-18-38)25-28-44(47)54-43-22-10-9-19-40(43)51(34-48(54)55)56(37-15-5-3-6-16-37)39-27-30-53-46(33-39)42-21-12-14-24-52(42)58-53/h3-34H,1-2H3. The summed E-state index contributed by atoms with van der Waals surface area (Å²) in [6, 6.07) is 71.8. The van der Waals surface area contributed by atoms with Gasteiger partial charge in [0.05, 0.1) is 16.7 Å². The fourth-order valence-electron chi connectivity index (χ4n) is 9.79. The number of hydrogen-bond donors (Lipinski definition) is 0. The van der Waals surface area contributed by atoms with E-state index in [2.05, 4.69) is 217 Å². The van der Waals surface area contributed by atoms with E-state index in [-0.39, 0.29) is 5.41 Å². The minimum atomic E-state index is -0.233. The Morgan fingerprint density at radius 1 is 0.431 bits per heavy atom. The first kappa shape index (κ1) is 33.2. The Morgan fingerprint density at radius 2 is 1.07 bits per heavy atom. The predicted octanol–water partition coefficient (Wildman–Crippen LogP) is 15.7. The van der Waals surface area contributed by atoms with Crippen LogP contribution in [0, 0.1) is 0 Å². The number of rotatable bonds is 5. The van der Waals surface area contributed by atoms with Gasteiger partial charge in [-0.2, -0.15) is 0 Å². The van der Waals surface area contributed by atoms with Gasteiger partial charge in [0.2, 0.25) is 0 Å². The summed E-state index contributed by atoms with van der Waals surface area (Å²) < 4.78 is 5.02. The smallest absolute Gasteiger partial charge is 0.0543 e. The molecule has 12 rings (SSSR count). The fourth-order valence-corrected chi connectivity index (χ4v) is 10.9. The molecule has 0 saturated heterocycles. The molecule has 0 amide bonds. The van der Waals surface area contributed by atoms with Crippen molar-refractivity contribution in [3.63, 3.8) is 0 Å². The first-order valence-corrected chi connectivity index (χ1v) is 20.9. The van der Waals surface area contributed by atoms with Crippen molar-refractivity contribution in [2.45, 2.75) is 19.3 Å². The highest BCUT2D eigenvalue weighted by Gasteiger charge is 2.38. The van der Waals surface area contributed by atoms with Crippen LogP contribution in [0.1, 0.15) is 25.0 Å². The molecule has 1 aliphatic rings. The Hall–Kier alpha value is -6.94. The van der Waals surface area contributed by atoms with Gasteiger partial charge in [0.15, 0.2) is 0 Å². The molecule has 0 fully saturated rings. The molecule has 2 nitrogen and oxygen atoms in total. The zero-order valence-corrected chi connectivity index (χ0v) is 33.1. The summed E-state index contributed by atoms with van der Waals surface area (Å²) in [5, 5.41) is 7.67. The van der Waals surface area contributed by atoms with Crippen molar-refractivity contribution < 1.29 is 0 Å². The maximum Gasteiger partial charge on any atom is 0.0543 e. The van der Waals surface area contributed by atoms with Crippen molar-refractivity contribution in [2.24, 2.45) is 0 Å². The highest BCUT2D eigenvalue weighted by molar-refractivity contribution is 7.25. The van der Waals surface area contributed by atoms with Gasteiger partial charge >= 0.3 is 0 Å². The molecule has 0 atom stereocenters. The van der Waals surface area contributed by atoms with E-state index >= 15 is 0 Å². The van der Waals surface area contributed by atoms with Gasteiger partial charge < -0.3 is 9.47 Å². The minimum Gasteiger partial charge on any atom is -0.310 e. The lowest BCUT2D eigenvalue weighted by atomic mass is 9.81. The number of thiophene rings is 1. The Kier molecular flexibility index (Phi) is 7.18. The van der Waals surface area contributed by atoms with Crippen LogP contribution in [0.15, 0.2) is 194 Å². The normalized spacial score (nSPS) is 13.1. The molecule has 0 bridgehead atoms. The SMILES string of the molecule is CC1(C)c2cc(-c3ccc4c(c3)c3ccccc3n4-c3ccccc3)ccc2-c2c1cc(N(c1ccccc1)c1ccc3sc4ccccc4c3c1)c1ccccc21. The van der Waals surface area contributed by atoms with Crippen LogP contribution in [0.3, 0.4) is 0 Å². The maximum absolute atomic E-state index is 2.49. The summed E-state index contributed by atoms with van der Waals surface area (Å²) in [4.78, 5) is 2.47. The summed E-state index contributed by atoms with van der Waals surface area (Å²) in [5.41, 5.74) is 14.8. The molecule has 0 spiro atoms. The molecule has 9 aromatic carbocycles. The summed E-state index contributed by atoms with van der Waals surface area (Å²) >= 11 is 1.87. The molecule has 3 heteroatoms. The second kappa shape index (κ2) is 12.5. The van der Waals surface area contributed by atoms with Crippen LogP contribution >= 0.6 is 11.3 Å². The summed E-state index contributed by atoms with van der Waals surface area (Å²) in [6.07, 6.45) is 0. The first-order chi connectivity index (χ1) is 28.5. The van der Waals surface area contributed by atoms with Gasteiger partial charge in [-0.1, -0.05) is 129 Å². The van der Waals surface area contributed by atoms with Crippen LogP contribution in [0.4, 0.5) is 17.1 Å². The molecule has 1 aliphatic carbocycles. The number of aromatic nitrogens is 1. The van der Waals surface area contributed by atoms with E-state index in [1.54, 1.807) is 0 Å². The molecule has 0 N–H and O–H groups in total. The van der Waals surface area contributed by atoms with Crippen molar-refractivity contribution in [3.8, 4) is 27.9 Å². The van der Waals surface area contributed by atoms with Crippen LogP contribution in [-0.4, -0.2) is 4.57 Å². The Morgan fingerprint density at radius 3 is 1.90 bits per heavy atom. The van der Waals surface area contributed by atoms with Gasteiger partial charge in [0.25, 0.3) is 0 Å². The van der Waals surface area contributed by atoms with Crippen LogP contribution < -0.4 is 4.90 Å². The number of fused-ring (bicyclic) bond motifs is 11. The van der Waals surface area contributed by atoms with Crippen LogP contribution in [-0.2, 0) is 5.41 Å². The monoisotopic (exact) mass is 758 g/mol. The Bertz CT molecular complexity index is 3430. The molecule has 11 aromatic rings. The number of para-hydroxylation sites is 3. The fraction of sp³-hybridized carbons (Fsp3) is 0.0545. The lowest BCUT2D eigenvalue weighted by Crippen LogP contribution is -2.17. The molecular formula is C55H38N2S. The van der Waals surface area contributed by atoms with E-state index in [1.807, 2.05) is 11.3 Å². The average molecular weight is 759 g/mol. The number of benzene rings is 9. The molecule has 0 radical (unpaired) electrons. The van der Waals surface area contributed by atoms with E-state index in [9.17, 15) is 0 Å². The van der Waals surface area contributed by atoms with Gasteiger partial charge in [-0.15, -0.1) is 11.3 Å². The van der Waals surface area contributed by atoms with Crippen molar-refractivity contribution in [3.05, 3.63) is 205 Å². The highest BCUT2D eigenvalue weighted by atomic mass is 32.1. The van der Waals surface area contributed by atoms with Crippen LogP contribution in [0.25, 0.3) is 80.7 Å². The van der Waals surface area contributed by atoms with Gasteiger partial charge in [-0.25, -0.2) is 0 Å². The van der Waals surface area contributed by atoms with Gasteiger partial charge in [0, 0.05) is 58.8 Å². The quantitative estimate of drug-likeness (QED) is 0.170. The Balaban J connectivity index is 1.03. The first-order valence-electron chi connectivity index (χ1n) is 20.1. The second-order valence-corrected chi connectivity index (χ2v) is 17.2. The van der Waals surface area contributed by atoms with Gasteiger partial charge in [-0.3, -0.25) is 0 Å². The second-order valence-electron chi connectivity index (χ2n) is 16.1. The summed E-state index contributed by atoms with van der Waals surface area (Å²) in [7, 11) is 0. The van der Waals surface area contributed by atoms with Crippen LogP contribution in [0.2, 0.25) is 0 Å². The third-order valence-electron chi connectivity index (χ3n) is 12.6. The largest absolute Gasteiger partial charge is 0.310 e. The average Bonchev–Trinajstić information content (AvgIpc) is 3.89. The Labute approximate surface area is 341 Å². The zero-order chi connectivity index (χ0) is 38.5. The molecule has 2 heterocycles. The zero-order valence-electron chi connectivity index (χ0n) is 32.3. The minimum absolute atomic E-state index is 0.233. The maximum atomic E-state index is 2.49. The third-order valence-corrected chi connectivity index (χ3v) is 13.7. The molecule has 0 unspecified atom stereocenters. The van der Waals surface area contributed by atoms with Crippen molar-refractivity contribution in [1.82, 2.24) is 4.57 Å². The van der Waals surface area contributed by atoms with E-state index in [1.165, 1.54) is 97.5 Å². The number of anilines is 3. The van der Waals surface area contributed by atoms with Crippen molar-refractivity contribution >= 4 is 81.1 Å².